The van der Waals surface area contributed by atoms with E-state index in [2.05, 4.69) is 52.6 Å². The predicted molar refractivity (Wildman–Crippen MR) is 186 cm³/mol. The number of benzene rings is 1. The van der Waals surface area contributed by atoms with Crippen LogP contribution < -0.4 is 14.4 Å². The molecule has 1 aliphatic heterocycles. The number of fused-ring (bicyclic) bond motifs is 6. The molecule has 14 heteroatoms. The van der Waals surface area contributed by atoms with Crippen LogP contribution in [0.15, 0.2) is 66.0 Å². The summed E-state index contributed by atoms with van der Waals surface area (Å²) in [4.78, 5) is 25.2. The van der Waals surface area contributed by atoms with Crippen LogP contribution in [0.25, 0.3) is 16.9 Å². The van der Waals surface area contributed by atoms with Gasteiger partial charge >= 0.3 is 6.18 Å². The lowest BCUT2D eigenvalue weighted by molar-refractivity contribution is -0.219. The minimum absolute atomic E-state index is 0.0892. The molecule has 1 aromatic carbocycles. The Bertz CT molecular complexity index is 1670. The number of nitrogens with zero attached hydrogens (tertiary/aromatic N) is 6. The molecule has 1 aliphatic rings. The number of halogens is 3. The molecule has 4 aromatic rings. The van der Waals surface area contributed by atoms with Crippen LogP contribution in [0.2, 0.25) is 0 Å². The van der Waals surface area contributed by atoms with Crippen LogP contribution in [0.4, 0.5) is 24.9 Å². The highest BCUT2D eigenvalue weighted by atomic mass is 32.2. The Balaban J connectivity index is 0.00000174. The van der Waals surface area contributed by atoms with E-state index >= 15 is 0 Å². The summed E-state index contributed by atoms with van der Waals surface area (Å²) in [6.45, 7) is 10.0. The van der Waals surface area contributed by atoms with E-state index in [-0.39, 0.29) is 17.8 Å². The number of carboxylic acid groups (broad SMARTS) is 1. The van der Waals surface area contributed by atoms with Gasteiger partial charge in [-0.05, 0) is 56.2 Å². The minimum atomic E-state index is -4.40. The molecule has 4 bridgehead atoms. The van der Waals surface area contributed by atoms with Gasteiger partial charge in [0.1, 0.15) is 28.8 Å². The molecule has 0 saturated carbocycles. The highest BCUT2D eigenvalue weighted by Gasteiger charge is 2.48. The number of anilines is 2. The van der Waals surface area contributed by atoms with Crippen LogP contribution in [0.5, 0.6) is 5.88 Å². The third-order valence-corrected chi connectivity index (χ3v) is 8.49. The van der Waals surface area contributed by atoms with Gasteiger partial charge in [-0.1, -0.05) is 63.9 Å². The number of pyridine rings is 1. The summed E-state index contributed by atoms with van der Waals surface area (Å²) in [6, 6.07) is 15.8. The van der Waals surface area contributed by atoms with E-state index in [1.54, 1.807) is 23.1 Å². The molecule has 2 N–H and O–H groups in total. The fourth-order valence-corrected chi connectivity index (χ4v) is 5.75. The lowest BCUT2D eigenvalue weighted by atomic mass is 9.94. The fraction of sp³-hybridized carbons (Fsp3) is 0.457. The number of hydrogen-bond donors (Lipinski definition) is 2. The van der Waals surface area contributed by atoms with Crippen LogP contribution in [-0.2, 0) is 11.2 Å². The van der Waals surface area contributed by atoms with Crippen molar-refractivity contribution < 1.29 is 27.8 Å². The van der Waals surface area contributed by atoms with Gasteiger partial charge in [0, 0.05) is 42.9 Å². The Kier molecular flexibility index (Phi) is 12.5. The Morgan fingerprint density at radius 1 is 0.980 bits per heavy atom. The van der Waals surface area contributed by atoms with Gasteiger partial charge in [-0.2, -0.15) is 13.2 Å². The zero-order valence-electron chi connectivity index (χ0n) is 28.5. The van der Waals surface area contributed by atoms with Gasteiger partial charge in [0.05, 0.1) is 11.6 Å². The average molecular weight is 700 g/mol. The van der Waals surface area contributed by atoms with Crippen LogP contribution in [-0.4, -0.2) is 62.2 Å². The maximum Gasteiger partial charge on any atom is 0.397 e. The number of aromatic nitrogens is 5. The molecule has 0 radical (unpaired) electrons. The maximum atomic E-state index is 13.4. The zero-order chi connectivity index (χ0) is 35.7. The number of aryl methyl sites for hydroxylation is 1. The van der Waals surface area contributed by atoms with Crippen molar-refractivity contribution in [2.24, 2.45) is 10.8 Å². The summed E-state index contributed by atoms with van der Waals surface area (Å²) in [5, 5.41) is 12.1. The summed E-state index contributed by atoms with van der Waals surface area (Å²) in [7, 11) is 0. The molecule has 264 valence electrons. The highest BCUT2D eigenvalue weighted by Crippen LogP contribution is 2.38. The Morgan fingerprint density at radius 2 is 1.71 bits per heavy atom. The molecule has 3 aromatic heterocycles. The normalized spacial score (nSPS) is 14.4. The van der Waals surface area contributed by atoms with Crippen molar-refractivity contribution in [2.45, 2.75) is 77.9 Å². The standard InChI is InChI=1S/C34H42F3N7OS.CH2O2/c1-32(2,3)22-43-19-11-7-6-8-13-24-14-9-10-15-25(24)30-26(21-38-31(40-30)42-46-29-17-12-16-27(43)39-29)44-20-18-28(41-44)45-23-33(4,5)34(35,36)37;2-1-3/h9-10,12,14-18,20-21H,6-8,11,13,19,22-23H2,1-5H3,(H,38,40,42);1H,(H,2,3). The molecule has 0 saturated heterocycles. The molecule has 5 rings (SSSR count). The topological polar surface area (TPSA) is 118 Å². The summed E-state index contributed by atoms with van der Waals surface area (Å²) < 4.78 is 50.5. The van der Waals surface area contributed by atoms with Gasteiger partial charge in [-0.3, -0.25) is 9.52 Å². The van der Waals surface area contributed by atoms with Crippen LogP contribution in [0, 0.1) is 10.8 Å². The average Bonchev–Trinajstić information content (AvgIpc) is 3.52. The third kappa shape index (κ3) is 10.6. The number of nitrogens with one attached hydrogen (secondary N) is 1. The molecular weight excluding hydrogens is 655 g/mol. The van der Waals surface area contributed by atoms with Gasteiger partial charge in [-0.15, -0.1) is 5.10 Å². The zero-order valence-corrected chi connectivity index (χ0v) is 29.3. The molecular formula is C35H44F3N7O3S. The minimum Gasteiger partial charge on any atom is -0.483 e. The summed E-state index contributed by atoms with van der Waals surface area (Å²) >= 11 is 1.34. The molecule has 0 spiro atoms. The largest absolute Gasteiger partial charge is 0.483 e. The summed E-state index contributed by atoms with van der Waals surface area (Å²) in [5.74, 6) is 1.44. The van der Waals surface area contributed by atoms with E-state index in [1.807, 2.05) is 30.3 Å². The molecule has 0 amide bonds. The monoisotopic (exact) mass is 699 g/mol. The second-order valence-electron chi connectivity index (χ2n) is 13.6. The van der Waals surface area contributed by atoms with E-state index < -0.39 is 18.2 Å². The van der Waals surface area contributed by atoms with Crippen molar-refractivity contribution in [2.75, 3.05) is 29.3 Å². The van der Waals surface area contributed by atoms with E-state index in [1.165, 1.54) is 11.9 Å². The smallest absolute Gasteiger partial charge is 0.397 e. The molecule has 0 fully saturated rings. The van der Waals surface area contributed by atoms with Gasteiger partial charge in [0.2, 0.25) is 11.8 Å². The summed E-state index contributed by atoms with van der Waals surface area (Å²) in [5.41, 5.74) is 1.45. The SMILES string of the molecule is CC(C)(C)CN1CCCCCCc2ccccc2-c2nc(ncc2-n2ccc(OCC(C)(C)C(F)(F)F)n2)NSc2cccc1n2.O=CO. The van der Waals surface area contributed by atoms with Crippen molar-refractivity contribution in [1.82, 2.24) is 24.7 Å². The molecule has 0 atom stereocenters. The highest BCUT2D eigenvalue weighted by molar-refractivity contribution is 8.00. The van der Waals surface area contributed by atoms with E-state index in [0.717, 1.165) is 81.0 Å². The van der Waals surface area contributed by atoms with Crippen molar-refractivity contribution in [3.63, 3.8) is 0 Å². The first-order chi connectivity index (χ1) is 23.2. The first kappa shape index (κ1) is 37.5. The molecule has 49 heavy (non-hydrogen) atoms. The maximum absolute atomic E-state index is 13.4. The molecule has 0 unspecified atom stereocenters. The second-order valence-corrected chi connectivity index (χ2v) is 14.5. The summed E-state index contributed by atoms with van der Waals surface area (Å²) in [6.07, 6.45) is 4.11. The van der Waals surface area contributed by atoms with E-state index in [4.69, 9.17) is 24.6 Å². The number of rotatable bonds is 5. The number of hydrogen-bond acceptors (Lipinski definition) is 9. The van der Waals surface area contributed by atoms with Crippen molar-refractivity contribution in [3.05, 3.63) is 66.5 Å². The van der Waals surface area contributed by atoms with Crippen molar-refractivity contribution in [1.29, 1.82) is 0 Å². The van der Waals surface area contributed by atoms with Crippen LogP contribution in [0.1, 0.15) is 65.9 Å². The lowest BCUT2D eigenvalue weighted by Gasteiger charge is -2.31. The number of carbonyl (C=O) groups is 1. The van der Waals surface area contributed by atoms with Gasteiger partial charge in [-0.25, -0.2) is 19.6 Å². The van der Waals surface area contributed by atoms with Gasteiger partial charge < -0.3 is 14.7 Å². The van der Waals surface area contributed by atoms with Crippen LogP contribution >= 0.6 is 11.9 Å². The van der Waals surface area contributed by atoms with Gasteiger partial charge in [0.25, 0.3) is 6.47 Å². The second kappa shape index (κ2) is 16.4. The van der Waals surface area contributed by atoms with E-state index in [9.17, 15) is 13.2 Å². The Hall–Kier alpha value is -4.33. The van der Waals surface area contributed by atoms with Crippen LogP contribution in [0.3, 0.4) is 0 Å². The van der Waals surface area contributed by atoms with E-state index in [0.29, 0.717) is 17.3 Å². The molecule has 4 heterocycles. The quantitative estimate of drug-likeness (QED) is 0.155. The Labute approximate surface area is 289 Å². The van der Waals surface area contributed by atoms with Crippen molar-refractivity contribution in [3.8, 4) is 22.8 Å². The molecule has 10 nitrogen and oxygen atoms in total. The predicted octanol–water partition coefficient (Wildman–Crippen LogP) is 8.48. The lowest BCUT2D eigenvalue weighted by Crippen LogP contribution is -2.37. The fourth-order valence-electron chi connectivity index (χ4n) is 5.17. The van der Waals surface area contributed by atoms with Crippen molar-refractivity contribution >= 4 is 30.2 Å². The Morgan fingerprint density at radius 3 is 2.45 bits per heavy atom. The molecule has 0 aliphatic carbocycles. The first-order valence-corrected chi connectivity index (χ1v) is 17.0. The third-order valence-electron chi connectivity index (χ3n) is 7.77. The number of ether oxygens (including phenoxy) is 1. The van der Waals surface area contributed by atoms with Gasteiger partial charge in [0.15, 0.2) is 0 Å². The first-order valence-electron chi connectivity index (χ1n) is 16.1. The number of alkyl halides is 3.